The van der Waals surface area contributed by atoms with Crippen molar-refractivity contribution < 1.29 is 9.47 Å². The number of hydrogen-bond acceptors (Lipinski definition) is 4. The van der Waals surface area contributed by atoms with Crippen molar-refractivity contribution in [3.05, 3.63) is 29.8 Å². The summed E-state index contributed by atoms with van der Waals surface area (Å²) in [6, 6.07) is 7.74. The van der Waals surface area contributed by atoms with Crippen molar-refractivity contribution in [3.8, 4) is 5.75 Å². The van der Waals surface area contributed by atoms with E-state index in [2.05, 4.69) is 15.8 Å². The molecule has 1 atom stereocenters. The number of thiocarbonyl (C=S) groups is 1. The van der Waals surface area contributed by atoms with Gasteiger partial charge in [0.25, 0.3) is 0 Å². The van der Waals surface area contributed by atoms with Gasteiger partial charge in [-0.15, -0.1) is 0 Å². The second-order valence-corrected chi connectivity index (χ2v) is 4.35. The molecule has 0 fully saturated rings. The van der Waals surface area contributed by atoms with Crippen molar-refractivity contribution in [2.45, 2.75) is 13.0 Å². The van der Waals surface area contributed by atoms with Crippen LogP contribution in [-0.2, 0) is 4.74 Å². The molecule has 0 spiro atoms. The molecular weight excluding hydrogens is 262 g/mol. The molecule has 104 valence electrons. The predicted molar refractivity (Wildman–Crippen MR) is 80.8 cm³/mol. The predicted octanol–water partition coefficient (Wildman–Crippen LogP) is 1.53. The average molecular weight is 281 g/mol. The molecule has 2 N–H and O–H groups in total. The molecule has 0 aromatic heterocycles. The molecule has 0 aliphatic carbocycles. The highest BCUT2D eigenvalue weighted by atomic mass is 32.1. The Hall–Kier alpha value is -1.66. The van der Waals surface area contributed by atoms with Gasteiger partial charge in [0.2, 0.25) is 0 Å². The smallest absolute Gasteiger partial charge is 0.187 e. The lowest BCUT2D eigenvalue weighted by molar-refractivity contribution is 0.179. The van der Waals surface area contributed by atoms with Gasteiger partial charge < -0.3 is 14.8 Å². The van der Waals surface area contributed by atoms with E-state index in [1.807, 2.05) is 31.2 Å². The SMILES string of the molecule is COC[C@H](C)NC(=S)N/N=C\c1ccccc1OC. The highest BCUT2D eigenvalue weighted by Gasteiger charge is 2.02. The van der Waals surface area contributed by atoms with Gasteiger partial charge in [0.05, 0.1) is 19.9 Å². The zero-order chi connectivity index (χ0) is 14.1. The van der Waals surface area contributed by atoms with Crippen molar-refractivity contribution >= 4 is 23.5 Å². The lowest BCUT2D eigenvalue weighted by Gasteiger charge is -2.13. The number of nitrogens with zero attached hydrogens (tertiary/aromatic N) is 1. The van der Waals surface area contributed by atoms with Crippen LogP contribution in [0.3, 0.4) is 0 Å². The first-order valence-corrected chi connectivity index (χ1v) is 6.29. The van der Waals surface area contributed by atoms with E-state index in [4.69, 9.17) is 21.7 Å². The number of ether oxygens (including phenoxy) is 2. The standard InChI is InChI=1S/C13H19N3O2S/c1-10(9-17-2)15-13(19)16-14-8-11-6-4-5-7-12(11)18-3/h4-8,10H,9H2,1-3H3,(H2,15,16,19)/b14-8-/t10-/m0/s1. The Labute approximate surface area is 119 Å². The van der Waals surface area contributed by atoms with E-state index in [1.54, 1.807) is 20.4 Å². The van der Waals surface area contributed by atoms with Crippen LogP contribution in [0.15, 0.2) is 29.4 Å². The molecule has 6 heteroatoms. The summed E-state index contributed by atoms with van der Waals surface area (Å²) in [5.74, 6) is 0.764. The summed E-state index contributed by atoms with van der Waals surface area (Å²) in [6.07, 6.45) is 1.66. The molecule has 0 bridgehead atoms. The molecule has 1 rings (SSSR count). The van der Waals surface area contributed by atoms with Crippen LogP contribution in [0.5, 0.6) is 5.75 Å². The fourth-order valence-corrected chi connectivity index (χ4v) is 1.74. The molecule has 0 aliphatic heterocycles. The van der Waals surface area contributed by atoms with Gasteiger partial charge in [-0.05, 0) is 31.3 Å². The van der Waals surface area contributed by atoms with Crippen LogP contribution in [0.25, 0.3) is 0 Å². The second kappa shape index (κ2) is 8.44. The third kappa shape index (κ3) is 5.67. The van der Waals surface area contributed by atoms with Gasteiger partial charge in [-0.3, -0.25) is 5.43 Å². The minimum Gasteiger partial charge on any atom is -0.496 e. The fourth-order valence-electron chi connectivity index (χ4n) is 1.48. The number of para-hydroxylation sites is 1. The van der Waals surface area contributed by atoms with Crippen LogP contribution in [0, 0.1) is 0 Å². The summed E-state index contributed by atoms with van der Waals surface area (Å²) in [6.45, 7) is 2.56. The molecule has 1 aromatic carbocycles. The van der Waals surface area contributed by atoms with Crippen LogP contribution >= 0.6 is 12.2 Å². The van der Waals surface area contributed by atoms with E-state index in [0.29, 0.717) is 11.7 Å². The molecule has 1 aromatic rings. The Morgan fingerprint density at radius 3 is 2.84 bits per heavy atom. The van der Waals surface area contributed by atoms with Gasteiger partial charge in [-0.2, -0.15) is 5.10 Å². The maximum Gasteiger partial charge on any atom is 0.187 e. The van der Waals surface area contributed by atoms with Crippen molar-refractivity contribution in [2.24, 2.45) is 5.10 Å². The van der Waals surface area contributed by atoms with Gasteiger partial charge in [-0.1, -0.05) is 12.1 Å². The van der Waals surface area contributed by atoms with Crippen molar-refractivity contribution in [2.75, 3.05) is 20.8 Å². The van der Waals surface area contributed by atoms with E-state index < -0.39 is 0 Å². The third-order valence-corrected chi connectivity index (χ3v) is 2.51. The topological polar surface area (TPSA) is 54.9 Å². The van der Waals surface area contributed by atoms with E-state index >= 15 is 0 Å². The largest absolute Gasteiger partial charge is 0.496 e. The maximum atomic E-state index is 5.22. The minimum atomic E-state index is 0.131. The molecule has 0 radical (unpaired) electrons. The Kier molecular flexibility index (Phi) is 6.84. The van der Waals surface area contributed by atoms with Crippen LogP contribution in [0.4, 0.5) is 0 Å². The summed E-state index contributed by atoms with van der Waals surface area (Å²) in [5, 5.41) is 7.56. The molecule has 0 saturated heterocycles. The summed E-state index contributed by atoms with van der Waals surface area (Å²) in [7, 11) is 3.27. The number of nitrogens with one attached hydrogen (secondary N) is 2. The van der Waals surface area contributed by atoms with Gasteiger partial charge in [0.1, 0.15) is 5.75 Å². The molecule has 0 heterocycles. The molecule has 0 unspecified atom stereocenters. The van der Waals surface area contributed by atoms with Crippen molar-refractivity contribution in [1.29, 1.82) is 0 Å². The molecule has 5 nitrogen and oxygen atoms in total. The minimum absolute atomic E-state index is 0.131. The molecule has 0 amide bonds. The van der Waals surface area contributed by atoms with E-state index in [0.717, 1.165) is 11.3 Å². The first-order valence-electron chi connectivity index (χ1n) is 5.89. The Morgan fingerprint density at radius 1 is 1.42 bits per heavy atom. The van der Waals surface area contributed by atoms with E-state index in [1.165, 1.54) is 0 Å². The summed E-state index contributed by atoms with van der Waals surface area (Å²) >= 11 is 5.10. The van der Waals surface area contributed by atoms with Crippen molar-refractivity contribution in [3.63, 3.8) is 0 Å². The zero-order valence-electron chi connectivity index (χ0n) is 11.3. The number of hydrogen-bond donors (Lipinski definition) is 2. The monoisotopic (exact) mass is 281 g/mol. The lowest BCUT2D eigenvalue weighted by atomic mass is 10.2. The first-order chi connectivity index (χ1) is 9.17. The molecular formula is C13H19N3O2S. The fraction of sp³-hybridized carbons (Fsp3) is 0.385. The summed E-state index contributed by atoms with van der Waals surface area (Å²) in [5.41, 5.74) is 3.63. The summed E-state index contributed by atoms with van der Waals surface area (Å²) < 4.78 is 10.2. The number of rotatable bonds is 6. The third-order valence-electron chi connectivity index (χ3n) is 2.30. The highest BCUT2D eigenvalue weighted by Crippen LogP contribution is 2.14. The summed E-state index contributed by atoms with van der Waals surface area (Å²) in [4.78, 5) is 0. The van der Waals surface area contributed by atoms with E-state index in [-0.39, 0.29) is 6.04 Å². The van der Waals surface area contributed by atoms with Crippen LogP contribution in [-0.4, -0.2) is 38.2 Å². The van der Waals surface area contributed by atoms with Crippen LogP contribution in [0.2, 0.25) is 0 Å². The maximum absolute atomic E-state index is 5.22. The highest BCUT2D eigenvalue weighted by molar-refractivity contribution is 7.80. The number of hydrazone groups is 1. The van der Waals surface area contributed by atoms with Crippen molar-refractivity contribution in [1.82, 2.24) is 10.7 Å². The molecule has 19 heavy (non-hydrogen) atoms. The quantitative estimate of drug-likeness (QED) is 0.470. The van der Waals surface area contributed by atoms with Gasteiger partial charge in [-0.25, -0.2) is 0 Å². The first kappa shape index (κ1) is 15.4. The average Bonchev–Trinajstić information content (AvgIpc) is 2.39. The molecule has 0 aliphatic rings. The Balaban J connectivity index is 2.47. The zero-order valence-corrected chi connectivity index (χ0v) is 12.2. The lowest BCUT2D eigenvalue weighted by Crippen LogP contribution is -2.40. The Bertz CT molecular complexity index is 438. The second-order valence-electron chi connectivity index (χ2n) is 3.94. The Morgan fingerprint density at radius 2 is 2.16 bits per heavy atom. The number of methoxy groups -OCH3 is 2. The van der Waals surface area contributed by atoms with Crippen LogP contribution in [0.1, 0.15) is 12.5 Å². The van der Waals surface area contributed by atoms with Gasteiger partial charge in [0.15, 0.2) is 5.11 Å². The number of benzene rings is 1. The van der Waals surface area contributed by atoms with E-state index in [9.17, 15) is 0 Å². The van der Waals surface area contributed by atoms with Gasteiger partial charge in [0, 0.05) is 18.7 Å². The van der Waals surface area contributed by atoms with Gasteiger partial charge >= 0.3 is 0 Å². The van der Waals surface area contributed by atoms with Crippen LogP contribution < -0.4 is 15.5 Å². The molecule has 0 saturated carbocycles. The normalized spacial score (nSPS) is 12.2.